The van der Waals surface area contributed by atoms with E-state index >= 15 is 0 Å². The minimum absolute atomic E-state index is 0.119. The van der Waals surface area contributed by atoms with Crippen LogP contribution in [0, 0.1) is 0 Å². The molecule has 268 valence electrons. The second-order valence-electron chi connectivity index (χ2n) is 16.2. The number of nitrogens with zero attached hydrogens (tertiary/aromatic N) is 2. The normalized spacial score (nSPS) is 14.6. The van der Waals surface area contributed by atoms with Gasteiger partial charge in [0, 0.05) is 27.5 Å². The summed E-state index contributed by atoms with van der Waals surface area (Å²) >= 11 is 0. The molecule has 0 saturated heterocycles. The largest absolute Gasteiger partial charge is 0.450 e. The number of hydrogen-bond donors (Lipinski definition) is 0. The Kier molecular flexibility index (Phi) is 6.91. The molecule has 0 amide bonds. The SMILES string of the molecule is CC1(C)c2ccccc2-c2ccc(-c3cc(-c4ccccc4-c4ccc5c(c4)Oc4cc6c(cc4O5)C(C)(C)c4ccccc4-6)nc(-c4ccccc4)n3)cc21. The predicted octanol–water partition coefficient (Wildman–Crippen LogP) is 13.7. The smallest absolute Gasteiger partial charge is 0.170 e. The Morgan fingerprint density at radius 2 is 0.875 bits per heavy atom. The van der Waals surface area contributed by atoms with Crippen LogP contribution in [0.25, 0.3) is 67.3 Å². The highest BCUT2D eigenvalue weighted by Crippen LogP contribution is 2.56. The molecular formula is C52H38N2O2. The molecular weight excluding hydrogens is 685 g/mol. The quantitative estimate of drug-likeness (QED) is 0.181. The molecule has 0 N–H and O–H groups in total. The molecule has 8 aromatic rings. The zero-order valence-corrected chi connectivity index (χ0v) is 31.7. The molecule has 4 nitrogen and oxygen atoms in total. The molecule has 0 radical (unpaired) electrons. The Morgan fingerprint density at radius 3 is 1.62 bits per heavy atom. The van der Waals surface area contributed by atoms with E-state index in [0.717, 1.165) is 50.7 Å². The van der Waals surface area contributed by atoms with Crippen LogP contribution in [0.5, 0.6) is 23.0 Å². The van der Waals surface area contributed by atoms with E-state index in [9.17, 15) is 0 Å². The highest BCUT2D eigenvalue weighted by atomic mass is 16.6. The van der Waals surface area contributed by atoms with Crippen molar-refractivity contribution in [1.29, 1.82) is 0 Å². The van der Waals surface area contributed by atoms with Crippen LogP contribution in [0.3, 0.4) is 0 Å². The lowest BCUT2D eigenvalue weighted by atomic mass is 9.82. The number of ether oxygens (including phenoxy) is 2. The van der Waals surface area contributed by atoms with E-state index in [2.05, 4.69) is 161 Å². The van der Waals surface area contributed by atoms with Gasteiger partial charge in [-0.15, -0.1) is 0 Å². The van der Waals surface area contributed by atoms with E-state index in [0.29, 0.717) is 17.3 Å². The molecule has 1 aliphatic heterocycles. The fraction of sp³-hybridized carbons (Fsp3) is 0.115. The van der Waals surface area contributed by atoms with Crippen LogP contribution in [0.1, 0.15) is 49.9 Å². The Labute approximate surface area is 327 Å². The minimum Gasteiger partial charge on any atom is -0.450 e. The van der Waals surface area contributed by atoms with Crippen LogP contribution < -0.4 is 9.47 Å². The van der Waals surface area contributed by atoms with Gasteiger partial charge in [-0.05, 0) is 92.0 Å². The van der Waals surface area contributed by atoms with Gasteiger partial charge in [-0.2, -0.15) is 0 Å². The van der Waals surface area contributed by atoms with Crippen LogP contribution in [-0.2, 0) is 10.8 Å². The van der Waals surface area contributed by atoms with Crippen molar-refractivity contribution in [1.82, 2.24) is 9.97 Å². The lowest BCUT2D eigenvalue weighted by Gasteiger charge is -2.25. The first-order chi connectivity index (χ1) is 27.2. The summed E-state index contributed by atoms with van der Waals surface area (Å²) in [7, 11) is 0. The number of hydrogen-bond acceptors (Lipinski definition) is 4. The van der Waals surface area contributed by atoms with Crippen molar-refractivity contribution >= 4 is 0 Å². The standard InChI is InChI=1S/C52H38N2O2/c1-51(2)40-20-12-10-17-35(40)37-24-22-33(26-42(37)51)44-30-45(54-50(53-44)31-14-6-5-7-15-31)38-19-9-8-16-34(38)32-23-25-46-47(27-32)56-48-28-39-36-18-11-13-21-41(36)52(3,4)43(39)29-49(48)55-46/h5-30H,1-4H3. The average Bonchev–Trinajstić information content (AvgIpc) is 3.60. The first kappa shape index (κ1) is 32.6. The molecule has 2 heterocycles. The van der Waals surface area contributed by atoms with E-state index in [1.807, 2.05) is 24.3 Å². The van der Waals surface area contributed by atoms with Crippen LogP contribution in [-0.4, -0.2) is 9.97 Å². The monoisotopic (exact) mass is 722 g/mol. The Hall–Kier alpha value is -6.78. The summed E-state index contributed by atoms with van der Waals surface area (Å²) in [4.78, 5) is 10.4. The Morgan fingerprint density at radius 1 is 0.339 bits per heavy atom. The van der Waals surface area contributed by atoms with E-state index in [-0.39, 0.29) is 10.8 Å². The molecule has 0 fully saturated rings. The van der Waals surface area contributed by atoms with E-state index in [1.165, 1.54) is 44.5 Å². The number of fused-ring (bicyclic) bond motifs is 8. The van der Waals surface area contributed by atoms with Gasteiger partial charge in [0.15, 0.2) is 28.8 Å². The summed E-state index contributed by atoms with van der Waals surface area (Å²) < 4.78 is 13.2. The zero-order chi connectivity index (χ0) is 37.8. The topological polar surface area (TPSA) is 44.2 Å². The summed E-state index contributed by atoms with van der Waals surface area (Å²) in [5.74, 6) is 3.54. The van der Waals surface area contributed by atoms with E-state index in [1.54, 1.807) is 0 Å². The average molecular weight is 723 g/mol. The van der Waals surface area contributed by atoms with Crippen LogP contribution in [0.15, 0.2) is 158 Å². The van der Waals surface area contributed by atoms with Gasteiger partial charge in [-0.1, -0.05) is 149 Å². The van der Waals surface area contributed by atoms with Crippen molar-refractivity contribution in [2.75, 3.05) is 0 Å². The first-order valence-corrected chi connectivity index (χ1v) is 19.3. The van der Waals surface area contributed by atoms with Crippen molar-refractivity contribution in [2.24, 2.45) is 0 Å². The summed E-state index contributed by atoms with van der Waals surface area (Å²) in [6.45, 7) is 9.19. The minimum atomic E-state index is -0.123. The Bertz CT molecular complexity index is 2920. The zero-order valence-electron chi connectivity index (χ0n) is 31.7. The maximum atomic E-state index is 6.67. The molecule has 0 spiro atoms. The van der Waals surface area contributed by atoms with Crippen molar-refractivity contribution < 1.29 is 9.47 Å². The molecule has 7 aromatic carbocycles. The third kappa shape index (κ3) is 4.85. The molecule has 2 aliphatic carbocycles. The third-order valence-electron chi connectivity index (χ3n) is 12.2. The van der Waals surface area contributed by atoms with Crippen LogP contribution in [0.4, 0.5) is 0 Å². The van der Waals surface area contributed by atoms with E-state index < -0.39 is 0 Å². The van der Waals surface area contributed by atoms with Gasteiger partial charge in [0.2, 0.25) is 0 Å². The molecule has 11 rings (SSSR count). The molecule has 0 bridgehead atoms. The second-order valence-corrected chi connectivity index (χ2v) is 16.2. The van der Waals surface area contributed by atoms with Gasteiger partial charge in [0.05, 0.1) is 11.4 Å². The van der Waals surface area contributed by atoms with Gasteiger partial charge < -0.3 is 9.47 Å². The summed E-state index contributed by atoms with van der Waals surface area (Å²) in [6.07, 6.45) is 0. The van der Waals surface area contributed by atoms with Crippen molar-refractivity contribution in [3.63, 3.8) is 0 Å². The fourth-order valence-electron chi connectivity index (χ4n) is 9.22. The maximum absolute atomic E-state index is 6.67. The molecule has 0 saturated carbocycles. The van der Waals surface area contributed by atoms with Crippen LogP contribution in [0.2, 0.25) is 0 Å². The molecule has 3 aliphatic rings. The van der Waals surface area contributed by atoms with Gasteiger partial charge in [0.1, 0.15) is 0 Å². The maximum Gasteiger partial charge on any atom is 0.170 e. The highest BCUT2D eigenvalue weighted by Gasteiger charge is 2.38. The van der Waals surface area contributed by atoms with Crippen molar-refractivity contribution in [3.05, 3.63) is 180 Å². The number of rotatable bonds is 4. The predicted molar refractivity (Wildman–Crippen MR) is 225 cm³/mol. The summed E-state index contributed by atoms with van der Waals surface area (Å²) in [5, 5.41) is 0. The van der Waals surface area contributed by atoms with E-state index in [4.69, 9.17) is 19.4 Å². The highest BCUT2D eigenvalue weighted by molar-refractivity contribution is 5.88. The van der Waals surface area contributed by atoms with Crippen molar-refractivity contribution in [2.45, 2.75) is 38.5 Å². The Balaban J connectivity index is 1.00. The summed E-state index contributed by atoms with van der Waals surface area (Å²) in [5.41, 5.74) is 16.9. The van der Waals surface area contributed by atoms with Gasteiger partial charge >= 0.3 is 0 Å². The van der Waals surface area contributed by atoms with Gasteiger partial charge in [-0.25, -0.2) is 9.97 Å². The van der Waals surface area contributed by atoms with Gasteiger partial charge in [-0.3, -0.25) is 0 Å². The third-order valence-corrected chi connectivity index (χ3v) is 12.2. The molecule has 0 unspecified atom stereocenters. The molecule has 56 heavy (non-hydrogen) atoms. The first-order valence-electron chi connectivity index (χ1n) is 19.3. The molecule has 0 atom stereocenters. The second kappa shape index (κ2) is 11.9. The number of aromatic nitrogens is 2. The number of benzene rings is 7. The van der Waals surface area contributed by atoms with Gasteiger partial charge in [0.25, 0.3) is 0 Å². The lowest BCUT2D eigenvalue weighted by molar-refractivity contribution is 0.359. The molecule has 1 aromatic heterocycles. The van der Waals surface area contributed by atoms with Crippen LogP contribution >= 0.6 is 0 Å². The van der Waals surface area contributed by atoms with Crippen molar-refractivity contribution in [3.8, 4) is 90.3 Å². The summed E-state index contributed by atoms with van der Waals surface area (Å²) in [6, 6.07) is 55.6. The fourth-order valence-corrected chi connectivity index (χ4v) is 9.22. The lowest BCUT2D eigenvalue weighted by Crippen LogP contribution is -2.15. The molecule has 4 heteroatoms.